The highest BCUT2D eigenvalue weighted by atomic mass is 31.2. The van der Waals surface area contributed by atoms with Gasteiger partial charge in [0.25, 0.3) is 0 Å². The van der Waals surface area contributed by atoms with Crippen LogP contribution in [0.3, 0.4) is 0 Å². The zero-order valence-corrected chi connectivity index (χ0v) is 13.6. The zero-order chi connectivity index (χ0) is 15.2. The van der Waals surface area contributed by atoms with Crippen LogP contribution in [0.2, 0.25) is 0 Å². The van der Waals surface area contributed by atoms with Gasteiger partial charge in [0.15, 0.2) is 5.75 Å². The Morgan fingerprint density at radius 3 is 2.10 bits per heavy atom. The summed E-state index contributed by atoms with van der Waals surface area (Å²) in [7, 11) is 7.43. The van der Waals surface area contributed by atoms with Crippen molar-refractivity contribution >= 4 is 7.51 Å². The highest BCUT2D eigenvalue weighted by Crippen LogP contribution is 2.55. The Bertz CT molecular complexity index is 497. The lowest BCUT2D eigenvalue weighted by Crippen LogP contribution is -2.33. The fourth-order valence-electron chi connectivity index (χ4n) is 1.96. The Morgan fingerprint density at radius 2 is 1.65 bits per heavy atom. The lowest BCUT2D eigenvalue weighted by atomic mass is 10.3. The molecule has 0 aliphatic rings. The van der Waals surface area contributed by atoms with Crippen LogP contribution in [0.25, 0.3) is 0 Å². The first-order valence-electron chi connectivity index (χ1n) is 6.23. The van der Waals surface area contributed by atoms with Gasteiger partial charge in [-0.15, -0.1) is 0 Å². The number of hydrogen-bond acceptors (Lipinski definition) is 3. The van der Waals surface area contributed by atoms with Gasteiger partial charge in [0.2, 0.25) is 7.51 Å². The molecule has 0 aromatic heterocycles. The third kappa shape index (κ3) is 3.59. The Balaban J connectivity index is 3.19. The molecule has 0 N–H and O–H groups in total. The number of hydrogen-bond donors (Lipinski definition) is 0. The molecule has 0 amide bonds. The molecule has 6 nitrogen and oxygen atoms in total. The van der Waals surface area contributed by atoms with Crippen LogP contribution in [0.15, 0.2) is 35.2 Å². The second-order valence-electron chi connectivity index (χ2n) is 4.69. The van der Waals surface area contributed by atoms with Gasteiger partial charge in [-0.25, -0.2) is 14.0 Å². The molecule has 0 spiro atoms. The summed E-state index contributed by atoms with van der Waals surface area (Å²) in [5.41, 5.74) is 0. The zero-order valence-electron chi connectivity index (χ0n) is 12.7. The first kappa shape index (κ1) is 16.7. The molecule has 0 saturated heterocycles. The van der Waals surface area contributed by atoms with Crippen LogP contribution < -0.4 is 4.84 Å². The molecular formula is C13H22N5OP. The summed E-state index contributed by atoms with van der Waals surface area (Å²) in [5, 5.41) is 8.96. The second-order valence-corrected chi connectivity index (χ2v) is 8.21. The molecule has 1 aromatic rings. The fraction of sp³-hybridized carbons (Fsp3) is 0.462. The summed E-state index contributed by atoms with van der Waals surface area (Å²) in [6.07, 6.45) is 0. The second kappa shape index (κ2) is 7.41. The highest BCUT2D eigenvalue weighted by Gasteiger charge is 2.32. The summed E-state index contributed by atoms with van der Waals surface area (Å²) in [6.45, 7) is 0.284. The van der Waals surface area contributed by atoms with E-state index < -0.39 is 7.51 Å². The smallest absolute Gasteiger partial charge is 0.211 e. The maximum Gasteiger partial charge on any atom is 0.211 e. The van der Waals surface area contributed by atoms with Crippen molar-refractivity contribution in [1.29, 1.82) is 5.26 Å². The van der Waals surface area contributed by atoms with Crippen molar-refractivity contribution in [3.05, 3.63) is 30.3 Å². The monoisotopic (exact) mass is 295 g/mol. The highest BCUT2D eigenvalue weighted by molar-refractivity contribution is 7.58. The van der Waals surface area contributed by atoms with Gasteiger partial charge < -0.3 is 4.84 Å². The predicted molar refractivity (Wildman–Crippen MR) is 82.0 cm³/mol. The van der Waals surface area contributed by atoms with Crippen molar-refractivity contribution in [3.8, 4) is 11.8 Å². The number of nitriles is 1. The van der Waals surface area contributed by atoms with Gasteiger partial charge in [0.05, 0.1) is 12.6 Å². The maximum atomic E-state index is 8.96. The van der Waals surface area contributed by atoms with Gasteiger partial charge in [-0.05, 0) is 47.4 Å². The van der Waals surface area contributed by atoms with Crippen molar-refractivity contribution in [2.24, 2.45) is 4.91 Å². The molecule has 0 heterocycles. The lowest BCUT2D eigenvalue weighted by Gasteiger charge is -2.40. The molecule has 0 unspecified atom stereocenters. The molecule has 0 atom stereocenters. The van der Waals surface area contributed by atoms with Crippen LogP contribution in [0.5, 0.6) is 5.75 Å². The van der Waals surface area contributed by atoms with E-state index in [0.717, 1.165) is 0 Å². The Hall–Kier alpha value is -1.38. The van der Waals surface area contributed by atoms with Crippen molar-refractivity contribution < 1.29 is 4.84 Å². The summed E-state index contributed by atoms with van der Waals surface area (Å²) in [4.78, 5) is 10.1. The number of rotatable bonds is 6. The molecule has 0 bridgehead atoms. The standard InChI is InChI=1S/C13H22N5OP/c1-16(2)20(17(3)4,18(5)12-11-14)15-19-13-9-7-6-8-10-13/h6-10H,12H2,1-5H3. The maximum absolute atomic E-state index is 8.96. The molecule has 7 heteroatoms. The summed E-state index contributed by atoms with van der Waals surface area (Å²) in [5.74, 6) is 0.686. The minimum absolute atomic E-state index is 0.284. The molecule has 0 aliphatic heterocycles. The van der Waals surface area contributed by atoms with Crippen molar-refractivity contribution in [1.82, 2.24) is 14.0 Å². The molecule has 0 radical (unpaired) electrons. The van der Waals surface area contributed by atoms with Gasteiger partial charge in [-0.2, -0.15) is 5.26 Å². The SMILES string of the molecule is CN(C)P(=NOc1ccccc1)(N(C)C)N(C)CC#N. The molecule has 110 valence electrons. The third-order valence-electron chi connectivity index (χ3n) is 2.83. The number of benzene rings is 1. The average Bonchev–Trinajstić information content (AvgIpc) is 2.40. The first-order valence-corrected chi connectivity index (χ1v) is 7.83. The summed E-state index contributed by atoms with van der Waals surface area (Å²) < 4.78 is 5.94. The van der Waals surface area contributed by atoms with Crippen molar-refractivity contribution in [2.45, 2.75) is 0 Å². The molecule has 1 rings (SSSR count). The largest absolute Gasteiger partial charge is 0.355 e. The Labute approximate surface area is 121 Å². The molecular weight excluding hydrogens is 273 g/mol. The molecule has 0 fully saturated rings. The van der Waals surface area contributed by atoms with E-state index in [-0.39, 0.29) is 6.54 Å². The Morgan fingerprint density at radius 1 is 1.10 bits per heavy atom. The van der Waals surface area contributed by atoms with Gasteiger partial charge >= 0.3 is 0 Å². The molecule has 1 aromatic carbocycles. The normalized spacial score (nSPS) is 11.8. The van der Waals surface area contributed by atoms with E-state index in [4.69, 9.17) is 10.1 Å². The van der Waals surface area contributed by atoms with E-state index in [9.17, 15) is 0 Å². The van der Waals surface area contributed by atoms with Crippen LogP contribution in [0, 0.1) is 11.3 Å². The average molecular weight is 295 g/mol. The predicted octanol–water partition coefficient (Wildman–Crippen LogP) is 2.51. The molecule has 20 heavy (non-hydrogen) atoms. The molecule has 0 saturated carbocycles. The van der Waals surface area contributed by atoms with Crippen molar-refractivity contribution in [2.75, 3.05) is 41.8 Å². The van der Waals surface area contributed by atoms with Crippen LogP contribution in [0.1, 0.15) is 0 Å². The van der Waals surface area contributed by atoms with E-state index in [1.54, 1.807) is 0 Å². The molecule has 0 aliphatic carbocycles. The van der Waals surface area contributed by atoms with E-state index in [1.807, 2.05) is 79.6 Å². The van der Waals surface area contributed by atoms with Crippen LogP contribution >= 0.6 is 7.51 Å². The van der Waals surface area contributed by atoms with Gasteiger partial charge in [-0.1, -0.05) is 23.1 Å². The summed E-state index contributed by atoms with van der Waals surface area (Å²) >= 11 is 0. The number of para-hydroxylation sites is 1. The van der Waals surface area contributed by atoms with E-state index in [0.29, 0.717) is 5.75 Å². The lowest BCUT2D eigenvalue weighted by molar-refractivity contribution is 0.322. The Kier molecular flexibility index (Phi) is 6.18. The van der Waals surface area contributed by atoms with Crippen LogP contribution in [-0.2, 0) is 0 Å². The minimum Gasteiger partial charge on any atom is -0.355 e. The van der Waals surface area contributed by atoms with Gasteiger partial charge in [0, 0.05) is 0 Å². The summed E-state index contributed by atoms with van der Waals surface area (Å²) in [6, 6.07) is 11.6. The van der Waals surface area contributed by atoms with Crippen LogP contribution in [0.4, 0.5) is 0 Å². The van der Waals surface area contributed by atoms with Gasteiger partial charge in [-0.3, -0.25) is 0 Å². The number of nitrogens with zero attached hydrogens (tertiary/aromatic N) is 5. The fourth-order valence-corrected chi connectivity index (χ4v) is 4.77. The minimum atomic E-state index is -2.23. The van der Waals surface area contributed by atoms with E-state index in [1.165, 1.54) is 0 Å². The first-order chi connectivity index (χ1) is 9.45. The van der Waals surface area contributed by atoms with Crippen LogP contribution in [-0.4, -0.2) is 55.8 Å². The third-order valence-corrected chi connectivity index (χ3v) is 6.33. The van der Waals surface area contributed by atoms with Gasteiger partial charge in [0.1, 0.15) is 0 Å². The van der Waals surface area contributed by atoms with E-state index >= 15 is 0 Å². The quantitative estimate of drug-likeness (QED) is 0.458. The topological polar surface area (TPSA) is 55.1 Å². The van der Waals surface area contributed by atoms with Crippen molar-refractivity contribution in [3.63, 3.8) is 0 Å². The van der Waals surface area contributed by atoms with E-state index in [2.05, 4.69) is 11.0 Å².